The number of rotatable bonds is 6. The predicted molar refractivity (Wildman–Crippen MR) is 85.4 cm³/mol. The van der Waals surface area contributed by atoms with E-state index in [0.29, 0.717) is 25.6 Å². The van der Waals surface area contributed by atoms with E-state index in [4.69, 9.17) is 4.74 Å². The maximum absolute atomic E-state index is 11.7. The minimum Gasteiger partial charge on any atom is -0.466 e. The fourth-order valence-electron chi connectivity index (χ4n) is 3.76. The van der Waals surface area contributed by atoms with Crippen LogP contribution in [0.5, 0.6) is 0 Å². The largest absolute Gasteiger partial charge is 0.466 e. The van der Waals surface area contributed by atoms with E-state index in [1.165, 1.54) is 25.7 Å². The molecule has 1 amide bonds. The predicted octanol–water partition coefficient (Wildman–Crippen LogP) is 1.96. The molecule has 2 atom stereocenters. The Hall–Kier alpha value is -1.10. The van der Waals surface area contributed by atoms with E-state index in [2.05, 4.69) is 5.32 Å². The molecular formula is C17H30N2O3. The van der Waals surface area contributed by atoms with E-state index in [0.717, 1.165) is 25.4 Å². The average Bonchev–Trinajstić information content (AvgIpc) is 2.98. The van der Waals surface area contributed by atoms with Crippen molar-refractivity contribution in [2.24, 2.45) is 11.8 Å². The molecule has 0 radical (unpaired) electrons. The Morgan fingerprint density at radius 3 is 2.55 bits per heavy atom. The molecule has 1 saturated carbocycles. The molecule has 2 unspecified atom stereocenters. The number of carbonyl (C=O) groups is 2. The van der Waals surface area contributed by atoms with Crippen LogP contribution in [0.2, 0.25) is 0 Å². The molecule has 126 valence electrons. The van der Waals surface area contributed by atoms with Crippen LogP contribution >= 0.6 is 0 Å². The second-order valence-electron chi connectivity index (χ2n) is 6.79. The van der Waals surface area contributed by atoms with Gasteiger partial charge < -0.3 is 15.0 Å². The Morgan fingerprint density at radius 1 is 1.18 bits per heavy atom. The van der Waals surface area contributed by atoms with E-state index in [9.17, 15) is 9.59 Å². The number of carbonyl (C=O) groups excluding carboxylic acids is 2. The van der Waals surface area contributed by atoms with Gasteiger partial charge in [-0.25, -0.2) is 0 Å². The van der Waals surface area contributed by atoms with E-state index in [1.54, 1.807) is 6.92 Å². The van der Waals surface area contributed by atoms with E-state index in [-0.39, 0.29) is 17.8 Å². The molecule has 0 aromatic rings. The van der Waals surface area contributed by atoms with Gasteiger partial charge in [0.2, 0.25) is 5.91 Å². The van der Waals surface area contributed by atoms with Gasteiger partial charge in [0.25, 0.3) is 0 Å². The minimum absolute atomic E-state index is 0.0984. The lowest BCUT2D eigenvalue weighted by molar-refractivity contribution is -0.145. The van der Waals surface area contributed by atoms with Crippen LogP contribution in [-0.4, -0.2) is 49.1 Å². The van der Waals surface area contributed by atoms with Crippen LogP contribution in [0.25, 0.3) is 0 Å². The van der Waals surface area contributed by atoms with Gasteiger partial charge in [-0.3, -0.25) is 9.59 Å². The van der Waals surface area contributed by atoms with Crippen molar-refractivity contribution in [1.82, 2.24) is 10.2 Å². The number of piperidine rings is 1. The summed E-state index contributed by atoms with van der Waals surface area (Å²) in [5, 5.41) is 3.64. The molecule has 22 heavy (non-hydrogen) atoms. The minimum atomic E-state index is -0.146. The SMILES string of the molecule is CCOC(=O)CC1CC(NCC2CCCC2)CN(C(C)=O)C1. The lowest BCUT2D eigenvalue weighted by Crippen LogP contribution is -2.51. The zero-order valence-corrected chi connectivity index (χ0v) is 14.0. The van der Waals surface area contributed by atoms with E-state index < -0.39 is 0 Å². The monoisotopic (exact) mass is 310 g/mol. The smallest absolute Gasteiger partial charge is 0.306 e. The summed E-state index contributed by atoms with van der Waals surface area (Å²) in [6.45, 7) is 6.35. The summed E-state index contributed by atoms with van der Waals surface area (Å²) in [5.41, 5.74) is 0. The lowest BCUT2D eigenvalue weighted by Gasteiger charge is -2.38. The summed E-state index contributed by atoms with van der Waals surface area (Å²) in [7, 11) is 0. The third-order valence-corrected chi connectivity index (χ3v) is 4.91. The first-order valence-electron chi connectivity index (χ1n) is 8.73. The highest BCUT2D eigenvalue weighted by molar-refractivity contribution is 5.74. The second-order valence-corrected chi connectivity index (χ2v) is 6.79. The summed E-state index contributed by atoms with van der Waals surface area (Å²) in [6.07, 6.45) is 6.71. The maximum atomic E-state index is 11.7. The fraction of sp³-hybridized carbons (Fsp3) is 0.882. The Balaban J connectivity index is 1.85. The Bertz CT molecular complexity index is 380. The molecular weight excluding hydrogens is 280 g/mol. The van der Waals surface area contributed by atoms with E-state index in [1.807, 2.05) is 11.8 Å². The third kappa shape index (κ3) is 5.27. The summed E-state index contributed by atoms with van der Waals surface area (Å²) >= 11 is 0. The molecule has 0 aromatic carbocycles. The van der Waals surface area contributed by atoms with Crippen molar-refractivity contribution in [2.75, 3.05) is 26.2 Å². The topological polar surface area (TPSA) is 58.6 Å². The first-order valence-corrected chi connectivity index (χ1v) is 8.73. The molecule has 2 fully saturated rings. The number of amides is 1. The van der Waals surface area contributed by atoms with Crippen LogP contribution in [-0.2, 0) is 14.3 Å². The first-order chi connectivity index (χ1) is 10.6. The van der Waals surface area contributed by atoms with Crippen molar-refractivity contribution < 1.29 is 14.3 Å². The van der Waals surface area contributed by atoms with E-state index >= 15 is 0 Å². The number of ether oxygens (including phenoxy) is 1. The van der Waals surface area contributed by atoms with Crippen LogP contribution in [0.3, 0.4) is 0 Å². The summed E-state index contributed by atoms with van der Waals surface area (Å²) in [6, 6.07) is 0.303. The van der Waals surface area contributed by atoms with Gasteiger partial charge in [-0.05, 0) is 44.6 Å². The summed E-state index contributed by atoms with van der Waals surface area (Å²) < 4.78 is 5.05. The van der Waals surface area contributed by atoms with Gasteiger partial charge in [-0.15, -0.1) is 0 Å². The van der Waals surface area contributed by atoms with Crippen LogP contribution in [0.1, 0.15) is 52.4 Å². The van der Waals surface area contributed by atoms with Crippen molar-refractivity contribution >= 4 is 11.9 Å². The third-order valence-electron chi connectivity index (χ3n) is 4.91. The lowest BCUT2D eigenvalue weighted by atomic mass is 9.91. The van der Waals surface area contributed by atoms with Crippen LogP contribution in [0, 0.1) is 11.8 Å². The van der Waals surface area contributed by atoms with Gasteiger partial charge in [0.15, 0.2) is 0 Å². The van der Waals surface area contributed by atoms with Gasteiger partial charge >= 0.3 is 5.97 Å². The molecule has 5 heteroatoms. The Labute approximate surface area is 133 Å². The fourth-order valence-corrected chi connectivity index (χ4v) is 3.76. The molecule has 1 aliphatic carbocycles. The number of nitrogens with zero attached hydrogens (tertiary/aromatic N) is 1. The highest BCUT2D eigenvalue weighted by atomic mass is 16.5. The van der Waals surface area contributed by atoms with Crippen LogP contribution in [0.15, 0.2) is 0 Å². The summed E-state index contributed by atoms with van der Waals surface area (Å²) in [5.74, 6) is 0.947. The highest BCUT2D eigenvalue weighted by Crippen LogP contribution is 2.25. The zero-order valence-electron chi connectivity index (χ0n) is 14.0. The number of esters is 1. The molecule has 2 aliphatic rings. The first kappa shape index (κ1) is 17.3. The number of hydrogen-bond donors (Lipinski definition) is 1. The quantitative estimate of drug-likeness (QED) is 0.762. The van der Waals surface area contributed by atoms with Crippen molar-refractivity contribution in [3.8, 4) is 0 Å². The van der Waals surface area contributed by atoms with Crippen molar-refractivity contribution in [3.63, 3.8) is 0 Å². The van der Waals surface area contributed by atoms with Gasteiger partial charge in [-0.2, -0.15) is 0 Å². The molecule has 1 N–H and O–H groups in total. The molecule has 0 bridgehead atoms. The molecule has 1 heterocycles. The number of hydrogen-bond acceptors (Lipinski definition) is 4. The standard InChI is InChI=1S/C17H30N2O3/c1-3-22-17(21)9-15-8-16(12-19(11-15)13(2)20)18-10-14-6-4-5-7-14/h14-16,18H,3-12H2,1-2H3. The van der Waals surface area contributed by atoms with Crippen molar-refractivity contribution in [1.29, 1.82) is 0 Å². The number of likely N-dealkylation sites (tertiary alicyclic amines) is 1. The highest BCUT2D eigenvalue weighted by Gasteiger charge is 2.30. The van der Waals surface area contributed by atoms with Gasteiger partial charge in [0, 0.05) is 26.1 Å². The van der Waals surface area contributed by atoms with Crippen LogP contribution in [0.4, 0.5) is 0 Å². The summed E-state index contributed by atoms with van der Waals surface area (Å²) in [4.78, 5) is 25.3. The Morgan fingerprint density at radius 2 is 1.91 bits per heavy atom. The average molecular weight is 310 g/mol. The van der Waals surface area contributed by atoms with Crippen molar-refractivity contribution in [3.05, 3.63) is 0 Å². The van der Waals surface area contributed by atoms with Gasteiger partial charge in [-0.1, -0.05) is 12.8 Å². The molecule has 5 nitrogen and oxygen atoms in total. The zero-order chi connectivity index (χ0) is 15.9. The number of nitrogens with one attached hydrogen (secondary N) is 1. The molecule has 0 spiro atoms. The Kier molecular flexibility index (Phi) is 6.68. The molecule has 2 rings (SSSR count). The van der Waals surface area contributed by atoms with Gasteiger partial charge in [0.1, 0.15) is 0 Å². The maximum Gasteiger partial charge on any atom is 0.306 e. The second kappa shape index (κ2) is 8.51. The van der Waals surface area contributed by atoms with Gasteiger partial charge in [0.05, 0.1) is 13.0 Å². The molecule has 0 aromatic heterocycles. The van der Waals surface area contributed by atoms with Crippen molar-refractivity contribution in [2.45, 2.75) is 58.4 Å². The molecule has 1 aliphatic heterocycles. The normalized spacial score (nSPS) is 26.2. The molecule has 1 saturated heterocycles. The van der Waals surface area contributed by atoms with Crippen LogP contribution < -0.4 is 5.32 Å².